The third kappa shape index (κ3) is 5.29. The topological polar surface area (TPSA) is 62.3 Å². The molecule has 5 nitrogen and oxygen atoms in total. The molecule has 148 valence electrons. The summed E-state index contributed by atoms with van der Waals surface area (Å²) in [5.41, 5.74) is 0.944. The van der Waals surface area contributed by atoms with Gasteiger partial charge in [0.1, 0.15) is 11.6 Å². The molecule has 1 fully saturated rings. The SMILES string of the molecule is CC(CC(=O)N1CCC(C(=O)Nc2ccc(Cl)cn2)CC1)c1ccc(F)cc1. The number of halogens is 2. The Balaban J connectivity index is 1.47. The van der Waals surface area contributed by atoms with E-state index in [-0.39, 0.29) is 29.5 Å². The van der Waals surface area contributed by atoms with Gasteiger partial charge < -0.3 is 10.2 Å². The zero-order valence-electron chi connectivity index (χ0n) is 15.7. The molecular weight excluding hydrogens is 381 g/mol. The number of aromatic nitrogens is 1. The molecule has 0 saturated carbocycles. The standard InChI is InChI=1S/C21H23ClFN3O2/c1-14(15-2-5-18(23)6-3-15)12-20(27)26-10-8-16(9-11-26)21(28)25-19-7-4-17(22)13-24-19/h2-7,13-14,16H,8-12H2,1H3,(H,24,25,28). The minimum Gasteiger partial charge on any atom is -0.343 e. The lowest BCUT2D eigenvalue weighted by molar-refractivity contribution is -0.134. The average Bonchev–Trinajstić information content (AvgIpc) is 2.70. The summed E-state index contributed by atoms with van der Waals surface area (Å²) in [4.78, 5) is 30.9. The van der Waals surface area contributed by atoms with Crippen molar-refractivity contribution in [1.29, 1.82) is 0 Å². The summed E-state index contributed by atoms with van der Waals surface area (Å²) in [5.74, 6) is 0.0512. The number of carbonyl (C=O) groups excluding carboxylic acids is 2. The number of benzene rings is 1. The fourth-order valence-electron chi connectivity index (χ4n) is 3.37. The maximum Gasteiger partial charge on any atom is 0.228 e. The van der Waals surface area contributed by atoms with Gasteiger partial charge in [0.15, 0.2) is 0 Å². The number of anilines is 1. The van der Waals surface area contributed by atoms with Crippen LogP contribution in [0.5, 0.6) is 0 Å². The van der Waals surface area contributed by atoms with Crippen molar-refractivity contribution in [2.45, 2.75) is 32.1 Å². The highest BCUT2D eigenvalue weighted by molar-refractivity contribution is 6.30. The van der Waals surface area contributed by atoms with E-state index in [1.165, 1.54) is 18.3 Å². The lowest BCUT2D eigenvalue weighted by Crippen LogP contribution is -2.41. The van der Waals surface area contributed by atoms with Gasteiger partial charge in [-0.25, -0.2) is 9.37 Å². The number of hydrogen-bond acceptors (Lipinski definition) is 3. The summed E-state index contributed by atoms with van der Waals surface area (Å²) in [5, 5.41) is 3.31. The zero-order chi connectivity index (χ0) is 20.1. The minimum atomic E-state index is -0.281. The summed E-state index contributed by atoms with van der Waals surface area (Å²) >= 11 is 5.80. The lowest BCUT2D eigenvalue weighted by atomic mass is 9.93. The molecule has 2 aromatic rings. The molecule has 0 spiro atoms. The molecule has 1 aromatic heterocycles. The maximum absolute atomic E-state index is 13.0. The van der Waals surface area contributed by atoms with Gasteiger partial charge in [-0.2, -0.15) is 0 Å². The van der Waals surface area contributed by atoms with Gasteiger partial charge in [0.2, 0.25) is 11.8 Å². The highest BCUT2D eigenvalue weighted by Gasteiger charge is 2.28. The van der Waals surface area contributed by atoms with E-state index in [0.29, 0.717) is 43.2 Å². The Kier molecular flexibility index (Phi) is 6.62. The summed E-state index contributed by atoms with van der Waals surface area (Å²) < 4.78 is 13.0. The largest absolute Gasteiger partial charge is 0.343 e. The molecule has 1 atom stereocenters. The Morgan fingerprint density at radius 1 is 1.21 bits per heavy atom. The third-order valence-corrected chi connectivity index (χ3v) is 5.34. The van der Waals surface area contributed by atoms with E-state index in [0.717, 1.165) is 5.56 Å². The Hall–Kier alpha value is -2.47. The van der Waals surface area contributed by atoms with Gasteiger partial charge in [-0.1, -0.05) is 30.7 Å². The Labute approximate surface area is 168 Å². The highest BCUT2D eigenvalue weighted by Crippen LogP contribution is 2.24. The molecule has 1 aromatic carbocycles. The molecule has 1 aliphatic rings. The van der Waals surface area contributed by atoms with E-state index in [1.807, 2.05) is 11.8 Å². The first-order valence-corrected chi connectivity index (χ1v) is 9.76. The molecule has 0 radical (unpaired) electrons. The van der Waals surface area contributed by atoms with Crippen molar-refractivity contribution in [3.8, 4) is 0 Å². The van der Waals surface area contributed by atoms with Crippen LogP contribution in [0.2, 0.25) is 5.02 Å². The van der Waals surface area contributed by atoms with Crippen LogP contribution in [0, 0.1) is 11.7 Å². The second-order valence-corrected chi connectivity index (χ2v) is 7.60. The van der Waals surface area contributed by atoms with Gasteiger partial charge >= 0.3 is 0 Å². The number of piperidine rings is 1. The van der Waals surface area contributed by atoms with E-state index in [2.05, 4.69) is 10.3 Å². The summed E-state index contributed by atoms with van der Waals surface area (Å²) in [6, 6.07) is 9.60. The smallest absolute Gasteiger partial charge is 0.228 e. The number of pyridine rings is 1. The van der Waals surface area contributed by atoms with Gasteiger partial charge in [0, 0.05) is 31.6 Å². The van der Waals surface area contributed by atoms with Gasteiger partial charge in [-0.15, -0.1) is 0 Å². The first-order chi connectivity index (χ1) is 13.4. The molecular formula is C21H23ClFN3O2. The Bertz CT molecular complexity index is 819. The molecule has 1 aliphatic heterocycles. The van der Waals surface area contributed by atoms with Crippen molar-refractivity contribution >= 4 is 29.2 Å². The summed E-state index contributed by atoms with van der Waals surface area (Å²) in [6.45, 7) is 3.08. The molecule has 2 amide bonds. The van der Waals surface area contributed by atoms with Crippen LogP contribution in [0.4, 0.5) is 10.2 Å². The average molecular weight is 404 g/mol. The first-order valence-electron chi connectivity index (χ1n) is 9.38. The predicted molar refractivity (Wildman–Crippen MR) is 107 cm³/mol. The second-order valence-electron chi connectivity index (χ2n) is 7.16. The predicted octanol–water partition coefficient (Wildman–Crippen LogP) is 4.25. The van der Waals surface area contributed by atoms with Gasteiger partial charge in [-0.3, -0.25) is 9.59 Å². The number of nitrogens with one attached hydrogen (secondary N) is 1. The Morgan fingerprint density at radius 2 is 1.89 bits per heavy atom. The van der Waals surface area contributed by atoms with E-state index in [4.69, 9.17) is 11.6 Å². The monoisotopic (exact) mass is 403 g/mol. The number of amides is 2. The van der Waals surface area contributed by atoms with Crippen LogP contribution in [0.3, 0.4) is 0 Å². The molecule has 28 heavy (non-hydrogen) atoms. The minimum absolute atomic E-state index is 0.0186. The first kappa shape index (κ1) is 20.3. The molecule has 2 heterocycles. The van der Waals surface area contributed by atoms with Crippen LogP contribution in [-0.2, 0) is 9.59 Å². The Morgan fingerprint density at radius 3 is 2.50 bits per heavy atom. The number of likely N-dealkylation sites (tertiary alicyclic amines) is 1. The van der Waals surface area contributed by atoms with E-state index in [1.54, 1.807) is 24.3 Å². The lowest BCUT2D eigenvalue weighted by Gasteiger charge is -2.32. The van der Waals surface area contributed by atoms with E-state index in [9.17, 15) is 14.0 Å². The number of carbonyl (C=O) groups is 2. The van der Waals surface area contributed by atoms with Crippen molar-refractivity contribution in [1.82, 2.24) is 9.88 Å². The van der Waals surface area contributed by atoms with E-state index >= 15 is 0 Å². The van der Waals surface area contributed by atoms with Crippen molar-refractivity contribution < 1.29 is 14.0 Å². The molecule has 1 unspecified atom stereocenters. The van der Waals surface area contributed by atoms with Crippen LogP contribution < -0.4 is 5.32 Å². The van der Waals surface area contributed by atoms with Crippen molar-refractivity contribution in [2.75, 3.05) is 18.4 Å². The van der Waals surface area contributed by atoms with Crippen molar-refractivity contribution in [2.24, 2.45) is 5.92 Å². The fraction of sp³-hybridized carbons (Fsp3) is 0.381. The normalized spacial score (nSPS) is 15.9. The third-order valence-electron chi connectivity index (χ3n) is 5.12. The molecule has 7 heteroatoms. The van der Waals surface area contributed by atoms with Crippen LogP contribution in [0.1, 0.15) is 37.7 Å². The number of nitrogens with zero attached hydrogens (tertiary/aromatic N) is 2. The van der Waals surface area contributed by atoms with E-state index < -0.39 is 0 Å². The van der Waals surface area contributed by atoms with Gasteiger partial charge in [0.25, 0.3) is 0 Å². The van der Waals surface area contributed by atoms with Crippen molar-refractivity contribution in [3.63, 3.8) is 0 Å². The van der Waals surface area contributed by atoms with Gasteiger partial charge in [0.05, 0.1) is 5.02 Å². The second kappa shape index (κ2) is 9.15. The quantitative estimate of drug-likeness (QED) is 0.811. The van der Waals surface area contributed by atoms with Crippen LogP contribution in [-0.4, -0.2) is 34.8 Å². The van der Waals surface area contributed by atoms with Crippen LogP contribution >= 0.6 is 11.6 Å². The number of rotatable bonds is 5. The number of hydrogen-bond donors (Lipinski definition) is 1. The fourth-order valence-corrected chi connectivity index (χ4v) is 3.48. The van der Waals surface area contributed by atoms with Gasteiger partial charge in [-0.05, 0) is 48.6 Å². The summed E-state index contributed by atoms with van der Waals surface area (Å²) in [6.07, 6.45) is 3.10. The molecule has 0 aliphatic carbocycles. The van der Waals surface area contributed by atoms with Crippen LogP contribution in [0.15, 0.2) is 42.6 Å². The molecule has 1 saturated heterocycles. The molecule has 1 N–H and O–H groups in total. The maximum atomic E-state index is 13.0. The molecule has 0 bridgehead atoms. The molecule has 3 rings (SSSR count). The zero-order valence-corrected chi connectivity index (χ0v) is 16.5. The summed E-state index contributed by atoms with van der Waals surface area (Å²) in [7, 11) is 0. The highest BCUT2D eigenvalue weighted by atomic mass is 35.5. The van der Waals surface area contributed by atoms with Crippen LogP contribution in [0.25, 0.3) is 0 Å². The van der Waals surface area contributed by atoms with Crippen molar-refractivity contribution in [3.05, 3.63) is 59.0 Å².